The Balaban J connectivity index is 1.42. The minimum absolute atomic E-state index is 0.522. The van der Waals surface area contributed by atoms with Gasteiger partial charge in [0.25, 0.3) is 5.91 Å². The molecule has 1 heterocycles. The Kier molecular flexibility index (Phi) is 5.87. The number of aromatic nitrogens is 2. The highest BCUT2D eigenvalue weighted by atomic mass is 16.5. The number of amides is 1. The maximum absolute atomic E-state index is 11.0. The number of nitrogens with zero attached hydrogens (tertiary/aromatic N) is 1. The van der Waals surface area contributed by atoms with Crippen molar-refractivity contribution in [2.45, 2.75) is 13.0 Å². The third-order valence-corrected chi connectivity index (χ3v) is 4.64. The van der Waals surface area contributed by atoms with Crippen molar-refractivity contribution in [3.05, 3.63) is 101 Å². The van der Waals surface area contributed by atoms with Crippen molar-refractivity contribution in [1.82, 2.24) is 15.4 Å². The van der Waals surface area contributed by atoms with Crippen molar-refractivity contribution in [3.63, 3.8) is 0 Å². The molecule has 4 aromatic rings. The number of carbonyl (C=O) groups excluding carboxylic acids is 1. The Bertz CT molecular complexity index is 1170. The minimum atomic E-state index is -0.562. The zero-order valence-electron chi connectivity index (χ0n) is 16.2. The van der Waals surface area contributed by atoms with Crippen LogP contribution in [0.2, 0.25) is 0 Å². The lowest BCUT2D eigenvalue weighted by atomic mass is 10.1. The van der Waals surface area contributed by atoms with Crippen molar-refractivity contribution >= 4 is 23.0 Å². The van der Waals surface area contributed by atoms with Gasteiger partial charge in [0.2, 0.25) is 0 Å². The first-order valence-electron chi connectivity index (χ1n) is 9.56. The Morgan fingerprint density at radius 2 is 1.83 bits per heavy atom. The molecule has 0 atom stereocenters. The van der Waals surface area contributed by atoms with Crippen molar-refractivity contribution in [3.8, 4) is 5.75 Å². The summed E-state index contributed by atoms with van der Waals surface area (Å²) in [5.41, 5.74) is 6.48. The van der Waals surface area contributed by atoms with Gasteiger partial charge in [0.15, 0.2) is 0 Å². The van der Waals surface area contributed by atoms with Crippen LogP contribution in [-0.4, -0.2) is 21.1 Å². The standard InChI is InChI=1S/C24H21N3O3/c28-24(27-29)13-10-17-6-8-18(9-7-17)14-23-25-21-12-11-20(15-22(21)26-23)30-16-19-4-2-1-3-5-19/h1-13,15,29H,14,16H2,(H,25,26)(H,27,28). The molecule has 3 aromatic carbocycles. The molecule has 4 rings (SSSR count). The summed E-state index contributed by atoms with van der Waals surface area (Å²) in [6.45, 7) is 0.522. The second-order valence-corrected chi connectivity index (χ2v) is 6.86. The van der Waals surface area contributed by atoms with Crippen LogP contribution in [0.4, 0.5) is 0 Å². The molecule has 6 heteroatoms. The van der Waals surface area contributed by atoms with Crippen LogP contribution in [0.15, 0.2) is 78.9 Å². The van der Waals surface area contributed by atoms with Crippen molar-refractivity contribution in [1.29, 1.82) is 0 Å². The lowest BCUT2D eigenvalue weighted by Crippen LogP contribution is -2.14. The van der Waals surface area contributed by atoms with Gasteiger partial charge in [-0.25, -0.2) is 10.5 Å². The molecule has 30 heavy (non-hydrogen) atoms. The van der Waals surface area contributed by atoms with E-state index in [1.165, 1.54) is 6.08 Å². The van der Waals surface area contributed by atoms with Gasteiger partial charge in [-0.15, -0.1) is 0 Å². The topological polar surface area (TPSA) is 87.2 Å². The number of rotatable bonds is 7. The molecule has 3 N–H and O–H groups in total. The van der Waals surface area contributed by atoms with E-state index in [-0.39, 0.29) is 0 Å². The normalized spacial score (nSPS) is 11.1. The van der Waals surface area contributed by atoms with Gasteiger partial charge in [0.05, 0.1) is 11.0 Å². The summed E-state index contributed by atoms with van der Waals surface area (Å²) >= 11 is 0. The molecule has 1 aromatic heterocycles. The molecular formula is C24H21N3O3. The van der Waals surface area contributed by atoms with E-state index in [1.807, 2.05) is 72.8 Å². The second-order valence-electron chi connectivity index (χ2n) is 6.86. The van der Waals surface area contributed by atoms with Gasteiger partial charge >= 0.3 is 0 Å². The highest BCUT2D eigenvalue weighted by Gasteiger charge is 2.06. The molecule has 0 aliphatic rings. The fourth-order valence-electron chi connectivity index (χ4n) is 3.11. The zero-order valence-corrected chi connectivity index (χ0v) is 16.2. The van der Waals surface area contributed by atoms with Crippen LogP contribution in [0.25, 0.3) is 17.1 Å². The van der Waals surface area contributed by atoms with E-state index in [1.54, 1.807) is 11.6 Å². The summed E-state index contributed by atoms with van der Waals surface area (Å²) in [5.74, 6) is 1.10. The predicted molar refractivity (Wildman–Crippen MR) is 115 cm³/mol. The Labute approximate surface area is 173 Å². The monoisotopic (exact) mass is 399 g/mol. The number of imidazole rings is 1. The molecule has 0 bridgehead atoms. The van der Waals surface area contributed by atoms with E-state index in [4.69, 9.17) is 9.94 Å². The van der Waals surface area contributed by atoms with Gasteiger partial charge in [-0.05, 0) is 34.9 Å². The Morgan fingerprint density at radius 3 is 2.60 bits per heavy atom. The first-order chi connectivity index (χ1) is 14.7. The van der Waals surface area contributed by atoms with Gasteiger partial charge in [0, 0.05) is 18.6 Å². The Hall–Kier alpha value is -3.90. The summed E-state index contributed by atoms with van der Waals surface area (Å²) < 4.78 is 5.89. The average molecular weight is 399 g/mol. The SMILES string of the molecule is O=C(C=Cc1ccc(Cc2nc3ccc(OCc4ccccc4)cc3[nH]2)cc1)NO. The number of nitrogens with one attached hydrogen (secondary N) is 2. The van der Waals surface area contributed by atoms with Gasteiger partial charge in [0.1, 0.15) is 18.2 Å². The highest BCUT2D eigenvalue weighted by molar-refractivity contribution is 5.90. The van der Waals surface area contributed by atoms with Gasteiger partial charge in [-0.2, -0.15) is 0 Å². The number of ether oxygens (including phenoxy) is 1. The molecule has 0 radical (unpaired) electrons. The third kappa shape index (κ3) is 4.92. The fourth-order valence-corrected chi connectivity index (χ4v) is 3.11. The lowest BCUT2D eigenvalue weighted by molar-refractivity contribution is -0.124. The van der Waals surface area contributed by atoms with Crippen LogP contribution >= 0.6 is 0 Å². The van der Waals surface area contributed by atoms with Crippen LogP contribution in [0.1, 0.15) is 22.5 Å². The number of aromatic amines is 1. The molecule has 1 amide bonds. The molecule has 150 valence electrons. The summed E-state index contributed by atoms with van der Waals surface area (Å²) in [6.07, 6.45) is 3.56. The van der Waals surface area contributed by atoms with Crippen LogP contribution in [-0.2, 0) is 17.8 Å². The minimum Gasteiger partial charge on any atom is -0.489 e. The number of benzene rings is 3. The Morgan fingerprint density at radius 1 is 1.03 bits per heavy atom. The van der Waals surface area contributed by atoms with Gasteiger partial charge in [-0.1, -0.05) is 54.6 Å². The fraction of sp³-hybridized carbons (Fsp3) is 0.0833. The van der Waals surface area contributed by atoms with Crippen LogP contribution in [0, 0.1) is 0 Å². The number of carbonyl (C=O) groups is 1. The number of hydrogen-bond donors (Lipinski definition) is 3. The molecule has 0 saturated heterocycles. The molecule has 0 saturated carbocycles. The van der Waals surface area contributed by atoms with Crippen molar-refractivity contribution < 1.29 is 14.7 Å². The number of H-pyrrole nitrogens is 1. The van der Waals surface area contributed by atoms with E-state index in [0.717, 1.165) is 39.3 Å². The lowest BCUT2D eigenvalue weighted by Gasteiger charge is -2.05. The second kappa shape index (κ2) is 9.07. The van der Waals surface area contributed by atoms with Crippen molar-refractivity contribution in [2.24, 2.45) is 0 Å². The first kappa shape index (κ1) is 19.4. The maximum atomic E-state index is 11.0. The first-order valence-corrected chi connectivity index (χ1v) is 9.56. The summed E-state index contributed by atoms with van der Waals surface area (Å²) in [4.78, 5) is 19.1. The average Bonchev–Trinajstić information content (AvgIpc) is 3.19. The molecule has 0 spiro atoms. The summed E-state index contributed by atoms with van der Waals surface area (Å²) in [6, 6.07) is 23.7. The molecule has 6 nitrogen and oxygen atoms in total. The number of fused-ring (bicyclic) bond motifs is 1. The molecule has 0 aliphatic carbocycles. The van der Waals surface area contributed by atoms with E-state index >= 15 is 0 Å². The number of hydroxylamine groups is 1. The zero-order chi connectivity index (χ0) is 20.8. The van der Waals surface area contributed by atoms with E-state index in [0.29, 0.717) is 13.0 Å². The van der Waals surface area contributed by atoms with Gasteiger partial charge < -0.3 is 9.72 Å². The van der Waals surface area contributed by atoms with Gasteiger partial charge in [-0.3, -0.25) is 10.0 Å². The predicted octanol–water partition coefficient (Wildman–Crippen LogP) is 4.25. The number of hydrogen-bond acceptors (Lipinski definition) is 4. The molecule has 0 fully saturated rings. The third-order valence-electron chi connectivity index (χ3n) is 4.64. The molecular weight excluding hydrogens is 378 g/mol. The van der Waals surface area contributed by atoms with E-state index < -0.39 is 5.91 Å². The van der Waals surface area contributed by atoms with Crippen LogP contribution in [0.3, 0.4) is 0 Å². The largest absolute Gasteiger partial charge is 0.489 e. The summed E-state index contributed by atoms with van der Waals surface area (Å²) in [5, 5.41) is 8.51. The van der Waals surface area contributed by atoms with E-state index in [9.17, 15) is 4.79 Å². The highest BCUT2D eigenvalue weighted by Crippen LogP contribution is 2.21. The van der Waals surface area contributed by atoms with E-state index in [2.05, 4.69) is 9.97 Å². The van der Waals surface area contributed by atoms with Crippen LogP contribution in [0.5, 0.6) is 5.75 Å². The quantitative estimate of drug-likeness (QED) is 0.246. The molecule has 0 aliphatic heterocycles. The molecule has 0 unspecified atom stereocenters. The summed E-state index contributed by atoms with van der Waals surface area (Å²) in [7, 11) is 0. The smallest absolute Gasteiger partial charge is 0.267 e. The van der Waals surface area contributed by atoms with Crippen molar-refractivity contribution in [2.75, 3.05) is 0 Å². The maximum Gasteiger partial charge on any atom is 0.267 e. The van der Waals surface area contributed by atoms with Crippen LogP contribution < -0.4 is 10.2 Å².